The van der Waals surface area contributed by atoms with Crippen molar-refractivity contribution in [3.05, 3.63) is 66.2 Å². The lowest BCUT2D eigenvalue weighted by atomic mass is 9.76. The van der Waals surface area contributed by atoms with Crippen LogP contribution in [0.25, 0.3) is 0 Å². The Kier molecular flexibility index (Phi) is 7.71. The summed E-state index contributed by atoms with van der Waals surface area (Å²) in [5.74, 6) is 0.597. The average Bonchev–Trinajstić information content (AvgIpc) is 2.79. The Balaban J connectivity index is 1.54. The van der Waals surface area contributed by atoms with Gasteiger partial charge in [0.2, 0.25) is 0 Å². The summed E-state index contributed by atoms with van der Waals surface area (Å²) in [6, 6.07) is 19.3. The SMILES string of the molecule is CCOC(=O)C1(CCOc2ccccc2)CCN(C(=O)NCc2ccccc2)CC1. The molecule has 2 amide bonds. The lowest BCUT2D eigenvalue weighted by Crippen LogP contribution is -2.50. The number of ether oxygens (including phenoxy) is 2. The number of hydrogen-bond donors (Lipinski definition) is 1. The summed E-state index contributed by atoms with van der Waals surface area (Å²) in [5.41, 5.74) is 0.447. The summed E-state index contributed by atoms with van der Waals surface area (Å²) in [6.45, 7) is 4.13. The van der Waals surface area contributed by atoms with Crippen LogP contribution < -0.4 is 10.1 Å². The largest absolute Gasteiger partial charge is 0.494 e. The molecule has 0 saturated carbocycles. The fourth-order valence-electron chi connectivity index (χ4n) is 3.74. The lowest BCUT2D eigenvalue weighted by Gasteiger charge is -2.39. The highest BCUT2D eigenvalue weighted by molar-refractivity contribution is 5.78. The Bertz CT molecular complexity index is 802. The molecule has 0 radical (unpaired) electrons. The molecule has 1 heterocycles. The van der Waals surface area contributed by atoms with Crippen molar-refractivity contribution >= 4 is 12.0 Å². The highest BCUT2D eigenvalue weighted by Crippen LogP contribution is 2.36. The van der Waals surface area contributed by atoms with Gasteiger partial charge in [-0.15, -0.1) is 0 Å². The maximum Gasteiger partial charge on any atom is 0.317 e. The molecule has 0 spiro atoms. The summed E-state index contributed by atoms with van der Waals surface area (Å²) in [6.07, 6.45) is 1.71. The first-order valence-corrected chi connectivity index (χ1v) is 10.5. The number of piperidine rings is 1. The van der Waals surface area contributed by atoms with E-state index < -0.39 is 5.41 Å². The van der Waals surface area contributed by atoms with Gasteiger partial charge in [0.25, 0.3) is 0 Å². The van der Waals surface area contributed by atoms with Crippen LogP contribution in [-0.4, -0.2) is 43.2 Å². The Morgan fingerprint density at radius 2 is 1.63 bits per heavy atom. The van der Waals surface area contributed by atoms with Crippen LogP contribution in [0.5, 0.6) is 5.75 Å². The molecule has 160 valence electrons. The Hall–Kier alpha value is -3.02. The fourth-order valence-corrected chi connectivity index (χ4v) is 3.74. The number of nitrogens with one attached hydrogen (secondary N) is 1. The van der Waals surface area contributed by atoms with E-state index in [2.05, 4.69) is 5.32 Å². The molecule has 1 N–H and O–H groups in total. The minimum Gasteiger partial charge on any atom is -0.494 e. The van der Waals surface area contributed by atoms with Gasteiger partial charge in [-0.1, -0.05) is 48.5 Å². The van der Waals surface area contributed by atoms with E-state index >= 15 is 0 Å². The highest BCUT2D eigenvalue weighted by atomic mass is 16.5. The van der Waals surface area contributed by atoms with E-state index in [9.17, 15) is 9.59 Å². The van der Waals surface area contributed by atoms with Crippen molar-refractivity contribution in [3.63, 3.8) is 0 Å². The third kappa shape index (κ3) is 5.75. The van der Waals surface area contributed by atoms with Gasteiger partial charge in [-0.2, -0.15) is 0 Å². The summed E-state index contributed by atoms with van der Waals surface area (Å²) in [4.78, 5) is 27.1. The molecule has 1 aliphatic heterocycles. The van der Waals surface area contributed by atoms with Crippen molar-refractivity contribution in [1.82, 2.24) is 10.2 Å². The fraction of sp³-hybridized carbons (Fsp3) is 0.417. The van der Waals surface area contributed by atoms with E-state index in [-0.39, 0.29) is 12.0 Å². The molecule has 0 atom stereocenters. The van der Waals surface area contributed by atoms with Crippen LogP contribution in [0.1, 0.15) is 31.7 Å². The van der Waals surface area contributed by atoms with Crippen molar-refractivity contribution in [3.8, 4) is 5.75 Å². The van der Waals surface area contributed by atoms with Crippen LogP contribution in [0, 0.1) is 5.41 Å². The van der Waals surface area contributed by atoms with Crippen molar-refractivity contribution < 1.29 is 19.1 Å². The number of likely N-dealkylation sites (tertiary alicyclic amines) is 1. The minimum absolute atomic E-state index is 0.100. The van der Waals surface area contributed by atoms with Gasteiger partial charge in [-0.25, -0.2) is 4.79 Å². The summed E-state index contributed by atoms with van der Waals surface area (Å²) >= 11 is 0. The van der Waals surface area contributed by atoms with Gasteiger partial charge in [0.1, 0.15) is 5.75 Å². The van der Waals surface area contributed by atoms with E-state index in [1.165, 1.54) is 0 Å². The summed E-state index contributed by atoms with van der Waals surface area (Å²) in [5, 5.41) is 2.96. The quantitative estimate of drug-likeness (QED) is 0.668. The molecule has 0 aliphatic carbocycles. The normalized spacial score (nSPS) is 15.3. The molecule has 0 unspecified atom stereocenters. The van der Waals surface area contributed by atoms with Gasteiger partial charge in [0, 0.05) is 19.6 Å². The van der Waals surface area contributed by atoms with Gasteiger partial charge >= 0.3 is 12.0 Å². The van der Waals surface area contributed by atoms with E-state index in [1.807, 2.05) is 67.6 Å². The van der Waals surface area contributed by atoms with Gasteiger partial charge in [-0.05, 0) is 43.9 Å². The number of esters is 1. The molecule has 6 heteroatoms. The smallest absolute Gasteiger partial charge is 0.317 e. The van der Waals surface area contributed by atoms with Crippen LogP contribution in [0.2, 0.25) is 0 Å². The molecule has 3 rings (SSSR count). The molecule has 1 fully saturated rings. The third-order valence-corrected chi connectivity index (χ3v) is 5.60. The molecule has 6 nitrogen and oxygen atoms in total. The second-order valence-electron chi connectivity index (χ2n) is 7.54. The maximum absolute atomic E-state index is 12.8. The second-order valence-corrected chi connectivity index (χ2v) is 7.54. The van der Waals surface area contributed by atoms with Crippen molar-refractivity contribution in [1.29, 1.82) is 0 Å². The molecule has 2 aromatic carbocycles. The highest BCUT2D eigenvalue weighted by Gasteiger charge is 2.43. The standard InChI is InChI=1S/C24H30N2O4/c1-2-29-22(27)24(15-18-30-21-11-7-4-8-12-21)13-16-26(17-14-24)23(28)25-19-20-9-5-3-6-10-20/h3-12H,2,13-19H2,1H3,(H,25,28). The molecule has 30 heavy (non-hydrogen) atoms. The summed E-state index contributed by atoms with van der Waals surface area (Å²) < 4.78 is 11.2. The Morgan fingerprint density at radius 3 is 2.27 bits per heavy atom. The third-order valence-electron chi connectivity index (χ3n) is 5.60. The van der Waals surface area contributed by atoms with Crippen LogP contribution >= 0.6 is 0 Å². The number of para-hydroxylation sites is 1. The first kappa shape index (κ1) is 21.7. The van der Waals surface area contributed by atoms with Gasteiger partial charge in [0.15, 0.2) is 0 Å². The van der Waals surface area contributed by atoms with Crippen molar-refractivity contribution in [2.75, 3.05) is 26.3 Å². The number of urea groups is 1. The van der Waals surface area contributed by atoms with Crippen LogP contribution in [-0.2, 0) is 16.1 Å². The van der Waals surface area contributed by atoms with Crippen LogP contribution in [0.4, 0.5) is 4.79 Å². The predicted octanol–water partition coefficient (Wildman–Crippen LogP) is 4.01. The number of nitrogens with zero attached hydrogens (tertiary/aromatic N) is 1. The van der Waals surface area contributed by atoms with Crippen LogP contribution in [0.15, 0.2) is 60.7 Å². The van der Waals surface area contributed by atoms with E-state index in [4.69, 9.17) is 9.47 Å². The molecule has 0 aromatic heterocycles. The second kappa shape index (κ2) is 10.7. The molecule has 2 aromatic rings. The van der Waals surface area contributed by atoms with E-state index in [0.717, 1.165) is 11.3 Å². The monoisotopic (exact) mass is 410 g/mol. The van der Waals surface area contributed by atoms with E-state index in [1.54, 1.807) is 4.90 Å². The zero-order chi connectivity index (χ0) is 21.2. The van der Waals surface area contributed by atoms with Crippen molar-refractivity contribution in [2.24, 2.45) is 5.41 Å². The van der Waals surface area contributed by atoms with Gasteiger partial charge in [-0.3, -0.25) is 4.79 Å². The number of carbonyl (C=O) groups is 2. The maximum atomic E-state index is 12.8. The Labute approximate surface area is 178 Å². The number of amides is 2. The molecule has 1 saturated heterocycles. The number of carbonyl (C=O) groups excluding carboxylic acids is 2. The number of benzene rings is 2. The average molecular weight is 411 g/mol. The minimum atomic E-state index is -0.610. The van der Waals surface area contributed by atoms with Gasteiger partial charge < -0.3 is 19.7 Å². The summed E-state index contributed by atoms with van der Waals surface area (Å²) in [7, 11) is 0. The molecular weight excluding hydrogens is 380 g/mol. The predicted molar refractivity (Wildman–Crippen MR) is 115 cm³/mol. The Morgan fingerprint density at radius 1 is 1.00 bits per heavy atom. The lowest BCUT2D eigenvalue weighted by molar-refractivity contribution is -0.159. The zero-order valence-electron chi connectivity index (χ0n) is 17.5. The van der Waals surface area contributed by atoms with Crippen LogP contribution in [0.3, 0.4) is 0 Å². The first-order chi connectivity index (χ1) is 14.6. The molecule has 1 aliphatic rings. The number of hydrogen-bond acceptors (Lipinski definition) is 4. The zero-order valence-corrected chi connectivity index (χ0v) is 17.5. The van der Waals surface area contributed by atoms with E-state index in [0.29, 0.717) is 52.1 Å². The van der Waals surface area contributed by atoms with Crippen molar-refractivity contribution in [2.45, 2.75) is 32.7 Å². The molecular formula is C24H30N2O4. The molecule has 0 bridgehead atoms. The number of rotatable bonds is 8. The first-order valence-electron chi connectivity index (χ1n) is 10.5. The topological polar surface area (TPSA) is 67.9 Å². The van der Waals surface area contributed by atoms with Gasteiger partial charge in [0.05, 0.1) is 18.6 Å².